The molecule has 0 radical (unpaired) electrons. The molecule has 0 unspecified atom stereocenters. The van der Waals surface area contributed by atoms with Gasteiger partial charge in [-0.2, -0.15) is 0 Å². The van der Waals surface area contributed by atoms with Crippen molar-refractivity contribution in [2.45, 2.75) is 109 Å². The van der Waals surface area contributed by atoms with E-state index < -0.39 is 0 Å². The van der Waals surface area contributed by atoms with Crippen molar-refractivity contribution in [2.75, 3.05) is 0 Å². The predicted molar refractivity (Wildman–Crippen MR) is 148 cm³/mol. The van der Waals surface area contributed by atoms with Crippen LogP contribution in [0, 0.1) is 17.8 Å². The minimum absolute atomic E-state index is 0.690. The molecule has 2 aromatic rings. The molecule has 0 aromatic heterocycles. The molecule has 2 aliphatic carbocycles. The van der Waals surface area contributed by atoms with E-state index in [0.717, 1.165) is 23.7 Å². The van der Waals surface area contributed by atoms with Crippen molar-refractivity contribution in [3.63, 3.8) is 0 Å². The average Bonchev–Trinajstić information content (AvgIpc) is 2.90. The first-order valence-electron chi connectivity index (χ1n) is 14.5. The molecule has 0 nitrogen and oxygen atoms in total. The van der Waals surface area contributed by atoms with Crippen LogP contribution in [0.15, 0.2) is 66.7 Å². The highest BCUT2D eigenvalue weighted by Gasteiger charge is 2.24. The second-order valence-corrected chi connectivity index (χ2v) is 11.6. The van der Waals surface area contributed by atoms with Gasteiger partial charge in [0.15, 0.2) is 0 Å². The molecule has 1 atom stereocenters. The second kappa shape index (κ2) is 13.3. The van der Waals surface area contributed by atoms with E-state index in [1.807, 2.05) is 0 Å². The van der Waals surface area contributed by atoms with Crippen LogP contribution in [0.1, 0.15) is 119 Å². The quantitative estimate of drug-likeness (QED) is 0.312. The maximum Gasteiger partial charge on any atom is -0.0162 e. The zero-order chi connectivity index (χ0) is 23.6. The molecule has 0 N–H and O–H groups in total. The van der Waals surface area contributed by atoms with E-state index in [4.69, 9.17) is 0 Å². The molecule has 0 aliphatic heterocycles. The molecular formula is C34H48. The largest absolute Gasteiger partial charge is 0.0917 e. The van der Waals surface area contributed by atoms with E-state index in [9.17, 15) is 0 Å². The molecule has 0 bridgehead atoms. The fourth-order valence-electron chi connectivity index (χ4n) is 6.78. The van der Waals surface area contributed by atoms with E-state index in [-0.39, 0.29) is 0 Å². The summed E-state index contributed by atoms with van der Waals surface area (Å²) >= 11 is 0. The molecule has 0 saturated heterocycles. The summed E-state index contributed by atoms with van der Waals surface area (Å²) in [5, 5.41) is 0. The zero-order valence-electron chi connectivity index (χ0n) is 21.9. The first-order chi connectivity index (χ1) is 16.7. The van der Waals surface area contributed by atoms with E-state index in [2.05, 4.69) is 80.6 Å². The van der Waals surface area contributed by atoms with Gasteiger partial charge in [-0.3, -0.25) is 0 Å². The Morgan fingerprint density at radius 3 is 2.00 bits per heavy atom. The summed E-state index contributed by atoms with van der Waals surface area (Å²) < 4.78 is 0. The van der Waals surface area contributed by atoms with Crippen LogP contribution >= 0.6 is 0 Å². The number of hydrogen-bond acceptors (Lipinski definition) is 0. The zero-order valence-corrected chi connectivity index (χ0v) is 21.9. The van der Waals surface area contributed by atoms with Crippen LogP contribution in [-0.4, -0.2) is 0 Å². The Balaban J connectivity index is 1.15. The molecule has 0 amide bonds. The van der Waals surface area contributed by atoms with Crippen molar-refractivity contribution in [3.05, 3.63) is 83.4 Å². The van der Waals surface area contributed by atoms with Crippen LogP contribution in [0.2, 0.25) is 0 Å². The van der Waals surface area contributed by atoms with Crippen LogP contribution in [0.5, 0.6) is 0 Å². The van der Waals surface area contributed by atoms with Gasteiger partial charge in [0.05, 0.1) is 0 Å². The third-order valence-electron chi connectivity index (χ3n) is 9.14. The van der Waals surface area contributed by atoms with Crippen LogP contribution in [0.3, 0.4) is 0 Å². The first kappa shape index (κ1) is 25.3. The van der Waals surface area contributed by atoms with Gasteiger partial charge in [-0.05, 0) is 111 Å². The smallest absolute Gasteiger partial charge is 0.0162 e. The highest BCUT2D eigenvalue weighted by atomic mass is 14.3. The third-order valence-corrected chi connectivity index (χ3v) is 9.14. The second-order valence-electron chi connectivity index (χ2n) is 11.6. The van der Waals surface area contributed by atoms with E-state index >= 15 is 0 Å². The molecule has 0 spiro atoms. The minimum atomic E-state index is 0.690. The summed E-state index contributed by atoms with van der Waals surface area (Å²) in [5.41, 5.74) is 4.67. The van der Waals surface area contributed by atoms with Crippen molar-refractivity contribution in [3.8, 4) is 0 Å². The van der Waals surface area contributed by atoms with Crippen LogP contribution in [0.25, 0.3) is 0 Å². The molecule has 34 heavy (non-hydrogen) atoms. The highest BCUT2D eigenvalue weighted by molar-refractivity contribution is 5.26. The monoisotopic (exact) mass is 456 g/mol. The van der Waals surface area contributed by atoms with E-state index in [1.165, 1.54) is 89.0 Å². The SMILES string of the molecule is CC=CCCC1CCC(CCc2ccc(C3CCC(C[C@@H](C)c4ccccc4)CC3)cc2)CC1. The molecule has 184 valence electrons. The lowest BCUT2D eigenvalue weighted by Crippen LogP contribution is -2.15. The van der Waals surface area contributed by atoms with Crippen molar-refractivity contribution in [1.29, 1.82) is 0 Å². The van der Waals surface area contributed by atoms with Gasteiger partial charge in [-0.1, -0.05) is 99.4 Å². The van der Waals surface area contributed by atoms with Gasteiger partial charge in [0.1, 0.15) is 0 Å². The molecule has 0 heteroatoms. The maximum absolute atomic E-state index is 2.46. The first-order valence-corrected chi connectivity index (χ1v) is 14.5. The van der Waals surface area contributed by atoms with Crippen molar-refractivity contribution in [2.24, 2.45) is 17.8 Å². The van der Waals surface area contributed by atoms with Crippen molar-refractivity contribution < 1.29 is 0 Å². The summed E-state index contributed by atoms with van der Waals surface area (Å²) in [5.74, 6) is 4.34. The van der Waals surface area contributed by atoms with Crippen LogP contribution < -0.4 is 0 Å². The Bertz CT molecular complexity index is 829. The van der Waals surface area contributed by atoms with Gasteiger partial charge in [0.25, 0.3) is 0 Å². The molecule has 2 aliphatic rings. The molecule has 4 rings (SSSR count). The molecular weight excluding hydrogens is 408 g/mol. The summed E-state index contributed by atoms with van der Waals surface area (Å²) in [6.45, 7) is 4.56. The Morgan fingerprint density at radius 2 is 1.35 bits per heavy atom. The average molecular weight is 457 g/mol. The predicted octanol–water partition coefficient (Wildman–Crippen LogP) is 10.2. The summed E-state index contributed by atoms with van der Waals surface area (Å²) in [4.78, 5) is 0. The van der Waals surface area contributed by atoms with Crippen LogP contribution in [0.4, 0.5) is 0 Å². The fraction of sp³-hybridized carbons (Fsp3) is 0.588. The molecule has 2 saturated carbocycles. The van der Waals surface area contributed by atoms with Gasteiger partial charge in [-0.25, -0.2) is 0 Å². The normalized spacial score (nSPS) is 26.5. The minimum Gasteiger partial charge on any atom is -0.0917 e. The van der Waals surface area contributed by atoms with E-state index in [1.54, 1.807) is 11.1 Å². The summed E-state index contributed by atoms with van der Waals surface area (Å²) in [7, 11) is 0. The van der Waals surface area contributed by atoms with Crippen LogP contribution in [-0.2, 0) is 6.42 Å². The Morgan fingerprint density at radius 1 is 0.735 bits per heavy atom. The Hall–Kier alpha value is -1.82. The van der Waals surface area contributed by atoms with Gasteiger partial charge in [0, 0.05) is 0 Å². The highest BCUT2D eigenvalue weighted by Crippen LogP contribution is 2.40. The number of rotatable bonds is 10. The topological polar surface area (TPSA) is 0 Å². The molecule has 0 heterocycles. The van der Waals surface area contributed by atoms with Crippen molar-refractivity contribution in [1.82, 2.24) is 0 Å². The van der Waals surface area contributed by atoms with Crippen molar-refractivity contribution >= 4 is 0 Å². The standard InChI is InChI=1S/C34H48/c1-3-4-6-9-28-12-14-29(15-13-28)16-17-30-18-22-33(23-19-30)34-24-20-31(21-25-34)26-27(2)32-10-7-5-8-11-32/h3-5,7-8,10-11,18-19,22-23,27-29,31,34H,6,9,12-17,20-21,24-26H2,1-2H3/t27-,28?,29?,31?,34?/m1/s1. The van der Waals surface area contributed by atoms with Gasteiger partial charge >= 0.3 is 0 Å². The third kappa shape index (κ3) is 7.59. The number of aryl methyl sites for hydroxylation is 1. The Kier molecular flexibility index (Phi) is 9.90. The fourth-order valence-corrected chi connectivity index (χ4v) is 6.78. The lowest BCUT2D eigenvalue weighted by Gasteiger charge is -2.30. The van der Waals surface area contributed by atoms with Gasteiger partial charge in [0.2, 0.25) is 0 Å². The molecule has 2 fully saturated rings. The van der Waals surface area contributed by atoms with Gasteiger partial charge < -0.3 is 0 Å². The van der Waals surface area contributed by atoms with Gasteiger partial charge in [-0.15, -0.1) is 0 Å². The number of benzene rings is 2. The Labute approximate surface area is 210 Å². The summed E-state index contributed by atoms with van der Waals surface area (Å²) in [6.07, 6.45) is 22.7. The number of allylic oxidation sites excluding steroid dienone is 2. The number of hydrogen-bond donors (Lipinski definition) is 0. The lowest BCUT2D eigenvalue weighted by molar-refractivity contribution is 0.254. The molecule has 2 aromatic carbocycles. The van der Waals surface area contributed by atoms with E-state index in [0.29, 0.717) is 5.92 Å². The maximum atomic E-state index is 2.46. The lowest BCUT2D eigenvalue weighted by atomic mass is 9.75. The summed E-state index contributed by atoms with van der Waals surface area (Å²) in [6, 6.07) is 20.9.